The van der Waals surface area contributed by atoms with Crippen molar-refractivity contribution >= 4 is 124 Å². The number of likely N-dealkylation sites (tertiary alicyclic amines) is 2. The van der Waals surface area contributed by atoms with E-state index in [0.717, 1.165) is 23.6 Å². The van der Waals surface area contributed by atoms with Crippen LogP contribution in [0.25, 0.3) is 0 Å². The molecule has 640 valence electrons. The third-order valence-electron chi connectivity index (χ3n) is 18.1. The number of aliphatic imine (C=N–C) groups is 1. The highest BCUT2D eigenvalue weighted by molar-refractivity contribution is 6.01. The van der Waals surface area contributed by atoms with Crippen LogP contribution in [0.4, 0.5) is 0 Å². The highest BCUT2D eigenvalue weighted by Gasteiger charge is 2.45. The van der Waals surface area contributed by atoms with Gasteiger partial charge < -0.3 is 133 Å². The Morgan fingerprint density at radius 1 is 0.377 bits per heavy atom. The molecule has 2 aliphatic heterocycles. The number of aliphatic hydroxyl groups excluding tert-OH is 2. The molecule has 0 aromatic carbocycles. The van der Waals surface area contributed by atoms with Crippen LogP contribution in [0.5, 0.6) is 0 Å². The first-order valence-corrected chi connectivity index (χ1v) is 37.0. The van der Waals surface area contributed by atoms with Gasteiger partial charge in [-0.1, -0.05) is 27.7 Å². The average molecular weight is 1630 g/mol. The Kier molecular flexibility index (Phi) is 41.9. The second kappa shape index (κ2) is 48.5. The Hall–Kier alpha value is -11.4. The van der Waals surface area contributed by atoms with Gasteiger partial charge in [0.1, 0.15) is 72.5 Å². The molecule has 2 heterocycles. The van der Waals surface area contributed by atoms with Gasteiger partial charge in [-0.2, -0.15) is 0 Å². The smallest absolute Gasteiger partial charge is 0.328 e. The fraction of sp³-hybridized carbons (Fsp3) is 0.691. The average Bonchev–Trinajstić information content (AvgIpc) is 1.64. The number of hydrogen-bond acceptors (Lipinski definition) is 24. The third kappa shape index (κ3) is 34.7. The Labute approximate surface area is 654 Å². The summed E-state index contributed by atoms with van der Waals surface area (Å²) in [7, 11) is 0. The molecule has 0 aliphatic carbocycles. The van der Waals surface area contributed by atoms with Gasteiger partial charge in [0.05, 0.1) is 18.2 Å². The third-order valence-corrected chi connectivity index (χ3v) is 18.1. The van der Waals surface area contributed by atoms with Crippen LogP contribution >= 0.6 is 0 Å². The van der Waals surface area contributed by atoms with E-state index < -0.39 is 304 Å². The topological polar surface area (TPSA) is 764 Å². The van der Waals surface area contributed by atoms with Crippen LogP contribution in [0.15, 0.2) is 4.99 Å². The molecule has 0 radical (unpaired) electrons. The van der Waals surface area contributed by atoms with E-state index in [2.05, 4.69) is 58.2 Å². The fourth-order valence-corrected chi connectivity index (χ4v) is 12.0. The van der Waals surface area contributed by atoms with Gasteiger partial charge in [-0.15, -0.1) is 0 Å². The molecule has 0 aromatic rings. The lowest BCUT2D eigenvalue weighted by atomic mass is 10.0. The first-order chi connectivity index (χ1) is 53.2. The molecule has 0 bridgehead atoms. The van der Waals surface area contributed by atoms with E-state index in [1.807, 2.05) is 5.32 Å². The normalized spacial score (nSPS) is 17.5. The van der Waals surface area contributed by atoms with Crippen molar-refractivity contribution in [3.63, 3.8) is 0 Å². The van der Waals surface area contributed by atoms with Gasteiger partial charge in [0, 0.05) is 58.2 Å². The Morgan fingerprint density at radius 2 is 0.684 bits per heavy atom. The van der Waals surface area contributed by atoms with Gasteiger partial charge in [-0.05, 0) is 116 Å². The molecule has 28 N–H and O–H groups in total. The molecule has 2 saturated heterocycles. The lowest BCUT2D eigenvalue weighted by Crippen LogP contribution is -2.62. The van der Waals surface area contributed by atoms with Crippen LogP contribution < -0.4 is 87.2 Å². The lowest BCUT2D eigenvalue weighted by Gasteiger charge is -2.32. The van der Waals surface area contributed by atoms with Crippen molar-refractivity contribution in [2.75, 3.05) is 19.6 Å². The molecule has 46 nitrogen and oxygen atoms in total. The maximum Gasteiger partial charge on any atom is 0.328 e. The number of carbonyl (C=O) groups excluding carboxylic acids is 15. The van der Waals surface area contributed by atoms with Gasteiger partial charge in [0.15, 0.2) is 12.0 Å². The summed E-state index contributed by atoms with van der Waals surface area (Å²) in [5, 5.41) is 95.0. The van der Waals surface area contributed by atoms with Crippen molar-refractivity contribution in [3.05, 3.63) is 0 Å². The highest BCUT2D eigenvalue weighted by Crippen LogP contribution is 2.24. The summed E-state index contributed by atoms with van der Waals surface area (Å²) in [4.78, 5) is 272. The second-order valence-electron chi connectivity index (χ2n) is 28.5. The molecule has 0 unspecified atom stereocenters. The minimum absolute atomic E-state index is 0.0689. The SMILES string of the molecule is CC(C)C[C@H](NC(=O)[C@H](CCC(=O)O)NC(=O)[C@@H]1CCCN1C(=O)[C@H](CCC(=O)O)NC(=O)[C@@H]1CCCN1C(=O)[C@H](CCC(=O)O)NC(=O)[C@@H](NC(=O)[C@H](CCC(=O)O)NC(=O)[C@@H](NC(=O)[C@H](C)N)C(C)C)[C@@H](C)O)C(=O)N[C@@H](CCCN=C(N)N)C(=O)N[C@@H](CCC(N)=O)C(=O)N[C@@H](CCC(N)=O)C(=O)N[C@H](C(=O)O)[C@@H](C)O. The van der Waals surface area contributed by atoms with Gasteiger partial charge in [-0.3, -0.25) is 96.1 Å². The van der Waals surface area contributed by atoms with Crippen LogP contribution in [0, 0.1) is 11.8 Å². The van der Waals surface area contributed by atoms with Crippen molar-refractivity contribution in [1.29, 1.82) is 0 Å². The number of aliphatic hydroxyl groups is 2. The number of amides is 15. The van der Waals surface area contributed by atoms with Crippen LogP contribution in [0.2, 0.25) is 0 Å². The molecule has 0 aromatic heterocycles. The molecule has 2 rings (SSSR count). The van der Waals surface area contributed by atoms with E-state index >= 15 is 0 Å². The molecule has 46 heteroatoms. The number of carboxylic acid groups (broad SMARTS) is 5. The minimum Gasteiger partial charge on any atom is -0.481 e. The zero-order valence-corrected chi connectivity index (χ0v) is 64.5. The summed E-state index contributed by atoms with van der Waals surface area (Å²) in [5.41, 5.74) is 27.3. The molecule has 16 atom stereocenters. The summed E-state index contributed by atoms with van der Waals surface area (Å²) >= 11 is 0. The minimum atomic E-state index is -2.01. The van der Waals surface area contributed by atoms with E-state index in [9.17, 15) is 132 Å². The second-order valence-corrected chi connectivity index (χ2v) is 28.5. The predicted octanol–water partition coefficient (Wildman–Crippen LogP) is -8.76. The quantitative estimate of drug-likeness (QED) is 0.0153. The summed E-state index contributed by atoms with van der Waals surface area (Å²) < 4.78 is 0. The maximum atomic E-state index is 14.7. The number of carbonyl (C=O) groups is 20. The fourth-order valence-electron chi connectivity index (χ4n) is 12.0. The van der Waals surface area contributed by atoms with Gasteiger partial charge >= 0.3 is 29.8 Å². The van der Waals surface area contributed by atoms with E-state index in [0.29, 0.717) is 0 Å². The number of nitrogens with two attached hydrogens (primary N) is 5. The van der Waals surface area contributed by atoms with Crippen molar-refractivity contribution in [3.8, 4) is 0 Å². The number of nitrogens with zero attached hydrogens (tertiary/aromatic N) is 3. The Bertz CT molecular complexity index is 3500. The zero-order valence-electron chi connectivity index (χ0n) is 64.5. The van der Waals surface area contributed by atoms with E-state index in [4.69, 9.17) is 28.7 Å². The highest BCUT2D eigenvalue weighted by atomic mass is 16.4. The van der Waals surface area contributed by atoms with Crippen LogP contribution in [0.3, 0.4) is 0 Å². The van der Waals surface area contributed by atoms with Crippen molar-refractivity contribution in [2.45, 2.75) is 267 Å². The number of aliphatic carboxylic acids is 5. The van der Waals surface area contributed by atoms with E-state index in [1.54, 1.807) is 27.7 Å². The summed E-state index contributed by atoms with van der Waals surface area (Å²) in [6, 6.07) is -23.4. The summed E-state index contributed by atoms with van der Waals surface area (Å²) in [6.45, 7) is 9.09. The zero-order chi connectivity index (χ0) is 86.7. The van der Waals surface area contributed by atoms with Gasteiger partial charge in [0.25, 0.3) is 0 Å². The van der Waals surface area contributed by atoms with Crippen LogP contribution in [0.1, 0.15) is 170 Å². The first-order valence-electron chi connectivity index (χ1n) is 37.0. The number of primary amides is 2. The predicted molar refractivity (Wildman–Crippen MR) is 394 cm³/mol. The number of nitrogens with one attached hydrogen (secondary N) is 11. The molecule has 2 fully saturated rings. The van der Waals surface area contributed by atoms with Gasteiger partial charge in [0.2, 0.25) is 88.6 Å². The van der Waals surface area contributed by atoms with Gasteiger partial charge in [-0.25, -0.2) is 4.79 Å². The Morgan fingerprint density at radius 3 is 1.04 bits per heavy atom. The molecule has 0 spiro atoms. The van der Waals surface area contributed by atoms with Crippen molar-refractivity contribution in [1.82, 2.24) is 68.3 Å². The summed E-state index contributed by atoms with van der Waals surface area (Å²) in [6.07, 6.45) is -12.2. The van der Waals surface area contributed by atoms with E-state index in [-0.39, 0.29) is 70.5 Å². The first kappa shape index (κ1) is 98.6. The van der Waals surface area contributed by atoms with E-state index in [1.165, 1.54) is 6.92 Å². The number of hydrogen-bond donors (Lipinski definition) is 23. The molecule has 2 aliphatic rings. The molecule has 0 saturated carbocycles. The monoisotopic (exact) mass is 1630 g/mol. The molecule has 114 heavy (non-hydrogen) atoms. The number of guanidine groups is 1. The lowest BCUT2D eigenvalue weighted by molar-refractivity contribution is -0.146. The molecular formula is C68H111N19O27. The standard InChI is InChI=1S/C68H111N19O27/c1-30(2)29-42(60(106)75-35(11-8-26-74-68(72)73)55(101)76-36(14-20-45(70)90)56(102)77-37(15-21-46(71)91)59(105)85-53(34(7)89)67(113)114)82-57(103)38(16-22-47(92)93)78-61(107)43-12-9-27-86(43)65(111)40(18-24-49(96)97)80-62(108)44-13-10-28-87(44)66(112)41(19-25-50(98)99)81-64(110)52(33(6)88)84-58(104)39(17-23-48(94)95)79-63(109)51(31(3)4)83-54(100)32(5)69/h30-44,51-53,88-89H,8-29,69H2,1-7H3,(H2,70,90)(H2,71,91)(H,75,106)(H,76,101)(H,77,102)(H,78,107)(H,79,109)(H,80,108)(H,81,110)(H,82,103)(H,83,100)(H,84,104)(H,85,105)(H,92,93)(H,94,95)(H,96,97)(H,98,99)(H,113,114)(H4,72,73,74)/t32-,33+,34+,35-,36-,37-,38-,39-,40-,41-,42-,43-,44-,51-,52-,53-/m0/s1. The number of rotatable bonds is 52. The van der Waals surface area contributed by atoms with Crippen LogP contribution in [-0.2, 0) is 95.9 Å². The molecular weight excluding hydrogens is 1510 g/mol. The number of carboxylic acids is 5. The summed E-state index contributed by atoms with van der Waals surface area (Å²) in [5.74, 6) is -25.3. The largest absolute Gasteiger partial charge is 0.481 e. The van der Waals surface area contributed by atoms with Crippen molar-refractivity contribution < 1.29 is 132 Å². The maximum absolute atomic E-state index is 14.7. The van der Waals surface area contributed by atoms with Crippen molar-refractivity contribution in [2.24, 2.45) is 45.5 Å². The molecule has 15 amide bonds. The Balaban J connectivity index is 2.56. The van der Waals surface area contributed by atoms with Crippen LogP contribution in [-0.4, -0.2) is 286 Å².